The molecule has 1 saturated carbocycles. The van der Waals surface area contributed by atoms with Crippen molar-refractivity contribution in [3.8, 4) is 0 Å². The molecule has 0 saturated heterocycles. The topological polar surface area (TPSA) is 75.4 Å². The highest BCUT2D eigenvalue weighted by molar-refractivity contribution is 5.86. The summed E-state index contributed by atoms with van der Waals surface area (Å²) in [4.78, 5) is 25.2. The van der Waals surface area contributed by atoms with Crippen molar-refractivity contribution >= 4 is 11.8 Å². The fourth-order valence-corrected chi connectivity index (χ4v) is 2.27. The number of carbonyl (C=O) groups excluding carboxylic acids is 2. The Morgan fingerprint density at radius 2 is 2.06 bits per heavy atom. The lowest BCUT2D eigenvalue weighted by atomic mass is 10.1. The monoisotopic (exact) mass is 241 g/mol. The van der Waals surface area contributed by atoms with Gasteiger partial charge in [-0.15, -0.1) is 0 Å². The SMILES string of the molecule is CCNC(=O)CN(CC)C(=O)C1CCC(N)C1. The van der Waals surface area contributed by atoms with Crippen molar-refractivity contribution in [2.75, 3.05) is 19.6 Å². The molecule has 0 aromatic carbocycles. The summed E-state index contributed by atoms with van der Waals surface area (Å²) < 4.78 is 0. The van der Waals surface area contributed by atoms with Crippen LogP contribution in [0.3, 0.4) is 0 Å². The normalized spacial score (nSPS) is 23.5. The molecule has 0 heterocycles. The first kappa shape index (κ1) is 14.0. The van der Waals surface area contributed by atoms with Crippen LogP contribution in [0.5, 0.6) is 0 Å². The van der Waals surface area contributed by atoms with Crippen molar-refractivity contribution < 1.29 is 9.59 Å². The van der Waals surface area contributed by atoms with E-state index in [1.54, 1.807) is 4.90 Å². The highest BCUT2D eigenvalue weighted by Gasteiger charge is 2.31. The van der Waals surface area contributed by atoms with Gasteiger partial charge in [-0.3, -0.25) is 9.59 Å². The fourth-order valence-electron chi connectivity index (χ4n) is 2.27. The molecule has 2 unspecified atom stereocenters. The first-order valence-corrected chi connectivity index (χ1v) is 6.39. The highest BCUT2D eigenvalue weighted by Crippen LogP contribution is 2.25. The van der Waals surface area contributed by atoms with Gasteiger partial charge in [0.1, 0.15) is 0 Å². The van der Waals surface area contributed by atoms with E-state index >= 15 is 0 Å². The second-order valence-electron chi connectivity index (χ2n) is 4.58. The minimum absolute atomic E-state index is 0.0133. The Morgan fingerprint density at radius 1 is 1.35 bits per heavy atom. The molecule has 1 aliphatic rings. The average Bonchev–Trinajstić information content (AvgIpc) is 2.72. The van der Waals surface area contributed by atoms with E-state index in [1.165, 1.54) is 0 Å². The molecule has 1 aliphatic carbocycles. The molecule has 0 aromatic rings. The fraction of sp³-hybridized carbons (Fsp3) is 0.833. The molecular weight excluding hydrogens is 218 g/mol. The van der Waals surface area contributed by atoms with Crippen LogP contribution < -0.4 is 11.1 Å². The quantitative estimate of drug-likeness (QED) is 0.716. The largest absolute Gasteiger partial charge is 0.355 e. The zero-order valence-electron chi connectivity index (χ0n) is 10.7. The summed E-state index contributed by atoms with van der Waals surface area (Å²) in [5, 5.41) is 2.71. The number of rotatable bonds is 5. The second-order valence-corrected chi connectivity index (χ2v) is 4.58. The van der Waals surface area contributed by atoms with Crippen LogP contribution >= 0.6 is 0 Å². The van der Waals surface area contributed by atoms with Gasteiger partial charge in [-0.1, -0.05) is 0 Å². The maximum Gasteiger partial charge on any atom is 0.239 e. The number of nitrogens with one attached hydrogen (secondary N) is 1. The van der Waals surface area contributed by atoms with E-state index in [9.17, 15) is 9.59 Å². The molecule has 98 valence electrons. The van der Waals surface area contributed by atoms with Crippen LogP contribution in [0.4, 0.5) is 0 Å². The summed E-state index contributed by atoms with van der Waals surface area (Å²) in [7, 11) is 0. The summed E-state index contributed by atoms with van der Waals surface area (Å²) in [6.45, 7) is 5.09. The van der Waals surface area contributed by atoms with Crippen molar-refractivity contribution in [1.82, 2.24) is 10.2 Å². The van der Waals surface area contributed by atoms with Crippen molar-refractivity contribution in [3.05, 3.63) is 0 Å². The predicted molar refractivity (Wildman–Crippen MR) is 66.3 cm³/mol. The van der Waals surface area contributed by atoms with Gasteiger partial charge < -0.3 is 16.0 Å². The molecule has 0 aliphatic heterocycles. The smallest absolute Gasteiger partial charge is 0.239 e. The zero-order chi connectivity index (χ0) is 12.8. The molecule has 5 nitrogen and oxygen atoms in total. The Bertz CT molecular complexity index is 281. The number of nitrogens with zero attached hydrogens (tertiary/aromatic N) is 1. The van der Waals surface area contributed by atoms with Crippen molar-refractivity contribution in [3.63, 3.8) is 0 Å². The standard InChI is InChI=1S/C12H23N3O2/c1-3-14-11(16)8-15(4-2)12(17)9-5-6-10(13)7-9/h9-10H,3-8,13H2,1-2H3,(H,14,16). The summed E-state index contributed by atoms with van der Waals surface area (Å²) >= 11 is 0. The van der Waals surface area contributed by atoms with Crippen LogP contribution in [0.15, 0.2) is 0 Å². The molecule has 2 amide bonds. The van der Waals surface area contributed by atoms with E-state index in [0.29, 0.717) is 13.1 Å². The molecule has 2 atom stereocenters. The summed E-state index contributed by atoms with van der Waals surface area (Å²) in [6, 6.07) is 0.145. The van der Waals surface area contributed by atoms with Crippen LogP contribution in [0.2, 0.25) is 0 Å². The zero-order valence-corrected chi connectivity index (χ0v) is 10.7. The first-order valence-electron chi connectivity index (χ1n) is 6.39. The third kappa shape index (κ3) is 4.00. The van der Waals surface area contributed by atoms with Crippen LogP contribution in [-0.4, -0.2) is 42.4 Å². The van der Waals surface area contributed by atoms with Crippen LogP contribution in [0.25, 0.3) is 0 Å². The lowest BCUT2D eigenvalue weighted by Gasteiger charge is -2.23. The van der Waals surface area contributed by atoms with E-state index < -0.39 is 0 Å². The summed E-state index contributed by atoms with van der Waals surface area (Å²) in [5.41, 5.74) is 5.80. The number of hydrogen-bond donors (Lipinski definition) is 2. The number of nitrogens with two attached hydrogens (primary N) is 1. The van der Waals surface area contributed by atoms with Crippen molar-refractivity contribution in [2.24, 2.45) is 11.7 Å². The Hall–Kier alpha value is -1.10. The minimum atomic E-state index is -0.0926. The summed E-state index contributed by atoms with van der Waals surface area (Å²) in [6.07, 6.45) is 2.52. The van der Waals surface area contributed by atoms with Crippen LogP contribution in [0.1, 0.15) is 33.1 Å². The molecular formula is C12H23N3O2. The number of amides is 2. The van der Waals surface area contributed by atoms with Gasteiger partial charge in [-0.25, -0.2) is 0 Å². The second kappa shape index (κ2) is 6.59. The lowest BCUT2D eigenvalue weighted by molar-refractivity contribution is -0.139. The molecule has 0 bridgehead atoms. The maximum atomic E-state index is 12.2. The van der Waals surface area contributed by atoms with E-state index in [0.717, 1.165) is 19.3 Å². The summed E-state index contributed by atoms with van der Waals surface area (Å²) in [5.74, 6) is -0.00363. The number of hydrogen-bond acceptors (Lipinski definition) is 3. The first-order chi connectivity index (χ1) is 8.08. The molecule has 0 spiro atoms. The minimum Gasteiger partial charge on any atom is -0.355 e. The Labute approximate surface area is 103 Å². The maximum absolute atomic E-state index is 12.2. The number of carbonyl (C=O) groups is 2. The van der Waals surface area contributed by atoms with Gasteiger partial charge in [-0.2, -0.15) is 0 Å². The van der Waals surface area contributed by atoms with Gasteiger partial charge >= 0.3 is 0 Å². The third-order valence-electron chi connectivity index (χ3n) is 3.22. The van der Waals surface area contributed by atoms with Gasteiger partial charge in [0.15, 0.2) is 0 Å². The molecule has 1 rings (SSSR count). The molecule has 17 heavy (non-hydrogen) atoms. The highest BCUT2D eigenvalue weighted by atomic mass is 16.2. The van der Waals surface area contributed by atoms with Crippen molar-refractivity contribution in [2.45, 2.75) is 39.2 Å². The van der Waals surface area contributed by atoms with Gasteiger partial charge in [0, 0.05) is 25.0 Å². The third-order valence-corrected chi connectivity index (χ3v) is 3.22. The van der Waals surface area contributed by atoms with Gasteiger partial charge in [0.05, 0.1) is 6.54 Å². The van der Waals surface area contributed by atoms with E-state index in [2.05, 4.69) is 5.32 Å². The Morgan fingerprint density at radius 3 is 2.53 bits per heavy atom. The Balaban J connectivity index is 2.49. The lowest BCUT2D eigenvalue weighted by Crippen LogP contribution is -2.43. The molecule has 5 heteroatoms. The predicted octanol–water partition coefficient (Wildman–Crippen LogP) is 0.0984. The van der Waals surface area contributed by atoms with E-state index in [4.69, 9.17) is 5.73 Å². The Kier molecular flexibility index (Phi) is 5.41. The van der Waals surface area contributed by atoms with Gasteiger partial charge in [0.2, 0.25) is 11.8 Å². The van der Waals surface area contributed by atoms with Crippen molar-refractivity contribution in [1.29, 1.82) is 0 Å². The van der Waals surface area contributed by atoms with E-state index in [1.807, 2.05) is 13.8 Å². The van der Waals surface area contributed by atoms with E-state index in [-0.39, 0.29) is 30.3 Å². The van der Waals surface area contributed by atoms with Crippen LogP contribution in [0, 0.1) is 5.92 Å². The van der Waals surface area contributed by atoms with Gasteiger partial charge in [0.25, 0.3) is 0 Å². The average molecular weight is 241 g/mol. The number of likely N-dealkylation sites (N-methyl/N-ethyl adjacent to an activating group) is 2. The molecule has 0 radical (unpaired) electrons. The molecule has 0 aromatic heterocycles. The molecule has 3 N–H and O–H groups in total. The van der Waals surface area contributed by atoms with Crippen LogP contribution in [-0.2, 0) is 9.59 Å². The molecule has 1 fully saturated rings. The van der Waals surface area contributed by atoms with Gasteiger partial charge in [-0.05, 0) is 33.1 Å².